The Morgan fingerprint density at radius 1 is 1.35 bits per heavy atom. The van der Waals surface area contributed by atoms with Crippen LogP contribution >= 0.6 is 23.1 Å². The fourth-order valence-electron chi connectivity index (χ4n) is 1.68. The van der Waals surface area contributed by atoms with Crippen LogP contribution < -0.4 is 0 Å². The Morgan fingerprint density at radius 2 is 2.18 bits per heavy atom. The molecule has 0 radical (unpaired) electrons. The predicted octanol–water partition coefficient (Wildman–Crippen LogP) is 4.75. The molecule has 2 aromatic rings. The number of hydrogen-bond donors (Lipinski definition) is 0. The highest BCUT2D eigenvalue weighted by atomic mass is 32.2. The van der Waals surface area contributed by atoms with E-state index >= 15 is 0 Å². The minimum absolute atomic E-state index is 0.481. The van der Waals surface area contributed by atoms with Gasteiger partial charge in [-0.3, -0.25) is 0 Å². The summed E-state index contributed by atoms with van der Waals surface area (Å²) in [7, 11) is 0. The molecule has 2 rings (SSSR count). The van der Waals surface area contributed by atoms with E-state index in [4.69, 9.17) is 0 Å². The van der Waals surface area contributed by atoms with Crippen LogP contribution in [0.4, 0.5) is 0 Å². The number of aromatic nitrogens is 1. The van der Waals surface area contributed by atoms with E-state index in [0.29, 0.717) is 5.25 Å². The fraction of sp³-hybridized carbons (Fsp3) is 0.357. The van der Waals surface area contributed by atoms with Gasteiger partial charge in [-0.25, -0.2) is 4.98 Å². The second kappa shape index (κ2) is 5.69. The van der Waals surface area contributed by atoms with Crippen molar-refractivity contribution in [2.75, 3.05) is 0 Å². The second-order valence-electron chi connectivity index (χ2n) is 4.25. The number of rotatable bonds is 4. The molecule has 3 heteroatoms. The van der Waals surface area contributed by atoms with Gasteiger partial charge in [0.05, 0.1) is 5.25 Å². The van der Waals surface area contributed by atoms with Crippen molar-refractivity contribution in [3.63, 3.8) is 0 Å². The second-order valence-corrected chi connectivity index (χ2v) is 6.51. The lowest BCUT2D eigenvalue weighted by atomic mass is 10.1. The molecule has 0 aliphatic rings. The first kappa shape index (κ1) is 12.7. The Balaban J connectivity index is 2.00. The van der Waals surface area contributed by atoms with Gasteiger partial charge in [-0.2, -0.15) is 0 Å². The lowest BCUT2D eigenvalue weighted by Crippen LogP contribution is -1.91. The first-order valence-electron chi connectivity index (χ1n) is 5.74. The molecule has 0 bridgehead atoms. The van der Waals surface area contributed by atoms with Crippen molar-refractivity contribution >= 4 is 23.1 Å². The third-order valence-electron chi connectivity index (χ3n) is 2.79. The Labute approximate surface area is 111 Å². The van der Waals surface area contributed by atoms with Crippen LogP contribution in [0, 0.1) is 13.8 Å². The Kier molecular flexibility index (Phi) is 4.24. The number of benzene rings is 1. The molecule has 0 N–H and O–H groups in total. The number of thiazole rings is 1. The van der Waals surface area contributed by atoms with Crippen molar-refractivity contribution in [1.82, 2.24) is 4.98 Å². The minimum Gasteiger partial charge on any atom is -0.249 e. The smallest absolute Gasteiger partial charge is 0.105 e. The molecular formula is C14H17NS2. The van der Waals surface area contributed by atoms with E-state index in [1.165, 1.54) is 21.7 Å². The van der Waals surface area contributed by atoms with Crippen molar-refractivity contribution in [2.24, 2.45) is 0 Å². The average molecular weight is 263 g/mol. The number of aryl methyl sites for hydroxylation is 2. The summed E-state index contributed by atoms with van der Waals surface area (Å²) in [4.78, 5) is 4.37. The fourth-order valence-corrected chi connectivity index (χ4v) is 3.57. The number of nitrogens with zero attached hydrogens (tertiary/aromatic N) is 1. The van der Waals surface area contributed by atoms with Crippen molar-refractivity contribution in [2.45, 2.75) is 31.8 Å². The van der Waals surface area contributed by atoms with Gasteiger partial charge in [0.25, 0.3) is 0 Å². The molecule has 1 heterocycles. The molecule has 0 aliphatic heterocycles. The van der Waals surface area contributed by atoms with Gasteiger partial charge in [0.1, 0.15) is 5.01 Å². The van der Waals surface area contributed by atoms with Crippen LogP contribution in [-0.2, 0) is 5.75 Å². The third kappa shape index (κ3) is 3.33. The van der Waals surface area contributed by atoms with Gasteiger partial charge in [-0.15, -0.1) is 23.1 Å². The lowest BCUT2D eigenvalue weighted by Gasteiger charge is -2.10. The molecular weight excluding hydrogens is 246 g/mol. The van der Waals surface area contributed by atoms with Gasteiger partial charge in [0.15, 0.2) is 0 Å². The quantitative estimate of drug-likeness (QED) is 0.789. The number of thioether (sulfide) groups is 1. The van der Waals surface area contributed by atoms with Gasteiger partial charge in [-0.1, -0.05) is 23.8 Å². The van der Waals surface area contributed by atoms with E-state index in [0.717, 1.165) is 5.75 Å². The van der Waals surface area contributed by atoms with Crippen LogP contribution in [-0.4, -0.2) is 4.98 Å². The lowest BCUT2D eigenvalue weighted by molar-refractivity contribution is 1.06. The van der Waals surface area contributed by atoms with E-state index in [9.17, 15) is 0 Å². The summed E-state index contributed by atoms with van der Waals surface area (Å²) in [6, 6.07) is 6.67. The molecule has 1 nitrogen and oxygen atoms in total. The van der Waals surface area contributed by atoms with Gasteiger partial charge >= 0.3 is 0 Å². The van der Waals surface area contributed by atoms with Gasteiger partial charge in [-0.05, 0) is 31.9 Å². The third-order valence-corrected chi connectivity index (χ3v) is 5.10. The molecule has 0 unspecified atom stereocenters. The van der Waals surface area contributed by atoms with Crippen LogP contribution in [0.5, 0.6) is 0 Å². The molecule has 0 amide bonds. The summed E-state index contributed by atoms with van der Waals surface area (Å²) in [6.07, 6.45) is 1.88. The Morgan fingerprint density at radius 3 is 2.88 bits per heavy atom. The van der Waals surface area contributed by atoms with Crippen LogP contribution in [0.1, 0.15) is 33.9 Å². The standard InChI is InChI=1S/C14H17NS2/c1-10-4-5-11(2)13(8-10)9-17-12(3)14-15-6-7-16-14/h4-8,12H,9H2,1-3H3/t12-/m0/s1. The molecule has 1 aromatic heterocycles. The molecule has 0 saturated carbocycles. The van der Waals surface area contributed by atoms with Crippen LogP contribution in [0.3, 0.4) is 0 Å². The summed E-state index contributed by atoms with van der Waals surface area (Å²) < 4.78 is 0. The monoisotopic (exact) mass is 263 g/mol. The summed E-state index contributed by atoms with van der Waals surface area (Å²) in [5.41, 5.74) is 4.17. The van der Waals surface area contributed by atoms with Crippen molar-refractivity contribution < 1.29 is 0 Å². The molecule has 0 aliphatic carbocycles. The highest BCUT2D eigenvalue weighted by Gasteiger charge is 2.09. The molecule has 0 spiro atoms. The number of hydrogen-bond acceptors (Lipinski definition) is 3. The summed E-state index contributed by atoms with van der Waals surface area (Å²) in [5, 5.41) is 3.75. The van der Waals surface area contributed by atoms with Gasteiger partial charge in [0, 0.05) is 17.3 Å². The molecule has 1 atom stereocenters. The zero-order valence-corrected chi connectivity index (χ0v) is 12.1. The molecule has 1 aromatic carbocycles. The Hall–Kier alpha value is -0.800. The van der Waals surface area contributed by atoms with Crippen molar-refractivity contribution in [3.05, 3.63) is 51.5 Å². The predicted molar refractivity (Wildman–Crippen MR) is 77.7 cm³/mol. The topological polar surface area (TPSA) is 12.9 Å². The first-order valence-corrected chi connectivity index (χ1v) is 7.67. The highest BCUT2D eigenvalue weighted by molar-refractivity contribution is 7.98. The van der Waals surface area contributed by atoms with E-state index in [2.05, 4.69) is 44.0 Å². The van der Waals surface area contributed by atoms with E-state index < -0.39 is 0 Å². The molecule has 90 valence electrons. The maximum atomic E-state index is 4.37. The molecule has 0 saturated heterocycles. The van der Waals surface area contributed by atoms with Crippen LogP contribution in [0.15, 0.2) is 29.8 Å². The Bertz CT molecular complexity index is 477. The van der Waals surface area contributed by atoms with Gasteiger partial charge in [0.2, 0.25) is 0 Å². The van der Waals surface area contributed by atoms with E-state index in [1.54, 1.807) is 11.3 Å². The first-order chi connectivity index (χ1) is 8.16. The van der Waals surface area contributed by atoms with Crippen LogP contribution in [0.2, 0.25) is 0 Å². The van der Waals surface area contributed by atoms with E-state index in [-0.39, 0.29) is 0 Å². The SMILES string of the molecule is Cc1ccc(C)c(CS[C@@H](C)c2nccs2)c1. The van der Waals surface area contributed by atoms with E-state index in [1.807, 2.05) is 23.3 Å². The summed E-state index contributed by atoms with van der Waals surface area (Å²) >= 11 is 3.70. The highest BCUT2D eigenvalue weighted by Crippen LogP contribution is 2.32. The summed E-state index contributed by atoms with van der Waals surface area (Å²) in [6.45, 7) is 6.57. The summed E-state index contributed by atoms with van der Waals surface area (Å²) in [5.74, 6) is 1.06. The zero-order valence-electron chi connectivity index (χ0n) is 10.4. The largest absolute Gasteiger partial charge is 0.249 e. The normalized spacial score (nSPS) is 12.6. The molecule has 0 fully saturated rings. The zero-order chi connectivity index (χ0) is 12.3. The molecule has 17 heavy (non-hydrogen) atoms. The van der Waals surface area contributed by atoms with Crippen molar-refractivity contribution in [1.29, 1.82) is 0 Å². The van der Waals surface area contributed by atoms with Crippen LogP contribution in [0.25, 0.3) is 0 Å². The minimum atomic E-state index is 0.481. The maximum absolute atomic E-state index is 4.37. The van der Waals surface area contributed by atoms with Gasteiger partial charge < -0.3 is 0 Å². The van der Waals surface area contributed by atoms with Crippen molar-refractivity contribution in [3.8, 4) is 0 Å². The maximum Gasteiger partial charge on any atom is 0.105 e. The average Bonchev–Trinajstić information content (AvgIpc) is 2.83.